The predicted molar refractivity (Wildman–Crippen MR) is 70.2 cm³/mol. The minimum Gasteiger partial charge on any atom is -0.207 e. The number of alkyl halides is 4. The summed E-state index contributed by atoms with van der Waals surface area (Å²) in [4.78, 5) is 0. The Balaban J connectivity index is 2.45. The first kappa shape index (κ1) is 15.8. The molecule has 112 valence electrons. The molecular formula is C15H10ClF5. The zero-order chi connectivity index (χ0) is 15.8. The highest BCUT2D eigenvalue weighted by molar-refractivity contribution is 6.22. The molecule has 21 heavy (non-hydrogen) atoms. The number of aryl methyl sites for hydroxylation is 1. The third kappa shape index (κ3) is 3.35. The van der Waals surface area contributed by atoms with Crippen LogP contribution in [0.25, 0.3) is 0 Å². The first-order valence-corrected chi connectivity index (χ1v) is 6.40. The Hall–Kier alpha value is -1.62. The van der Waals surface area contributed by atoms with E-state index in [0.717, 1.165) is 12.1 Å². The molecule has 0 aliphatic rings. The molecule has 0 aromatic heterocycles. The van der Waals surface area contributed by atoms with Gasteiger partial charge in [-0.05, 0) is 36.2 Å². The maximum Gasteiger partial charge on any atom is 0.416 e. The summed E-state index contributed by atoms with van der Waals surface area (Å²) >= 11 is 6.05. The van der Waals surface area contributed by atoms with Crippen molar-refractivity contribution < 1.29 is 22.0 Å². The molecule has 1 unspecified atom stereocenters. The molecule has 0 amide bonds. The first-order valence-electron chi connectivity index (χ1n) is 5.97. The average Bonchev–Trinajstić information content (AvgIpc) is 2.41. The second-order valence-electron chi connectivity index (χ2n) is 4.61. The third-order valence-electron chi connectivity index (χ3n) is 3.06. The SMILES string of the molecule is Cc1cc(C(Cl)c2cccc(C(F)(F)F)c2)c(F)cc1F. The van der Waals surface area contributed by atoms with Crippen LogP contribution in [0.2, 0.25) is 0 Å². The molecule has 2 rings (SSSR count). The Kier molecular flexibility index (Phi) is 4.23. The van der Waals surface area contributed by atoms with Gasteiger partial charge in [0, 0.05) is 11.6 Å². The molecule has 2 aromatic rings. The number of halogens is 6. The number of hydrogen-bond donors (Lipinski definition) is 0. The summed E-state index contributed by atoms with van der Waals surface area (Å²) in [6.07, 6.45) is -4.51. The standard InChI is InChI=1S/C15H10ClF5/c1-8-5-11(13(18)7-12(8)17)14(16)9-3-2-4-10(6-9)15(19,20)21/h2-7,14H,1H3. The predicted octanol–water partition coefficient (Wildman–Crippen LogP) is 5.62. The topological polar surface area (TPSA) is 0 Å². The van der Waals surface area contributed by atoms with Gasteiger partial charge in [0.25, 0.3) is 0 Å². The Morgan fingerprint density at radius 1 is 1.00 bits per heavy atom. The van der Waals surface area contributed by atoms with E-state index in [1.807, 2.05) is 0 Å². The summed E-state index contributed by atoms with van der Waals surface area (Å²) in [7, 11) is 0. The Bertz CT molecular complexity index is 664. The molecule has 0 aliphatic heterocycles. The second kappa shape index (κ2) is 5.64. The molecule has 0 N–H and O–H groups in total. The number of benzene rings is 2. The van der Waals surface area contributed by atoms with Gasteiger partial charge in [-0.1, -0.05) is 12.1 Å². The fourth-order valence-electron chi connectivity index (χ4n) is 1.93. The van der Waals surface area contributed by atoms with Gasteiger partial charge in [-0.25, -0.2) is 8.78 Å². The highest BCUT2D eigenvalue weighted by Crippen LogP contribution is 2.35. The molecule has 0 spiro atoms. The van der Waals surface area contributed by atoms with Crippen molar-refractivity contribution in [3.05, 3.63) is 70.3 Å². The zero-order valence-electron chi connectivity index (χ0n) is 10.8. The van der Waals surface area contributed by atoms with Gasteiger partial charge in [0.1, 0.15) is 11.6 Å². The van der Waals surface area contributed by atoms with Crippen molar-refractivity contribution in [1.82, 2.24) is 0 Å². The number of rotatable bonds is 2. The van der Waals surface area contributed by atoms with Crippen LogP contribution in [0.3, 0.4) is 0 Å². The molecule has 0 fully saturated rings. The molecule has 2 aromatic carbocycles. The largest absolute Gasteiger partial charge is 0.416 e. The molecule has 0 aliphatic carbocycles. The van der Waals surface area contributed by atoms with Crippen LogP contribution >= 0.6 is 11.6 Å². The van der Waals surface area contributed by atoms with Crippen molar-refractivity contribution in [2.75, 3.05) is 0 Å². The van der Waals surface area contributed by atoms with Crippen LogP contribution in [-0.2, 0) is 6.18 Å². The molecule has 0 heterocycles. The maximum absolute atomic E-state index is 13.8. The second-order valence-corrected chi connectivity index (χ2v) is 5.05. The minimum absolute atomic E-state index is 0.0603. The summed E-state index contributed by atoms with van der Waals surface area (Å²) < 4.78 is 65.0. The van der Waals surface area contributed by atoms with E-state index < -0.39 is 28.8 Å². The van der Waals surface area contributed by atoms with Crippen molar-refractivity contribution in [3.63, 3.8) is 0 Å². The van der Waals surface area contributed by atoms with Gasteiger partial charge in [0.2, 0.25) is 0 Å². The van der Waals surface area contributed by atoms with E-state index in [9.17, 15) is 22.0 Å². The van der Waals surface area contributed by atoms with Gasteiger partial charge in [-0.15, -0.1) is 11.6 Å². The molecule has 0 bridgehead atoms. The van der Waals surface area contributed by atoms with Gasteiger partial charge < -0.3 is 0 Å². The van der Waals surface area contributed by atoms with Gasteiger partial charge in [0.05, 0.1) is 10.9 Å². The van der Waals surface area contributed by atoms with Crippen LogP contribution in [0, 0.1) is 18.6 Å². The lowest BCUT2D eigenvalue weighted by Crippen LogP contribution is -2.06. The minimum atomic E-state index is -4.51. The highest BCUT2D eigenvalue weighted by atomic mass is 35.5. The van der Waals surface area contributed by atoms with Gasteiger partial charge in [-0.3, -0.25) is 0 Å². The number of hydrogen-bond acceptors (Lipinski definition) is 0. The van der Waals surface area contributed by atoms with E-state index in [1.165, 1.54) is 25.1 Å². The fourth-order valence-corrected chi connectivity index (χ4v) is 2.23. The van der Waals surface area contributed by atoms with Crippen molar-refractivity contribution in [1.29, 1.82) is 0 Å². The van der Waals surface area contributed by atoms with E-state index >= 15 is 0 Å². The van der Waals surface area contributed by atoms with Crippen molar-refractivity contribution in [3.8, 4) is 0 Å². The Morgan fingerprint density at radius 2 is 1.67 bits per heavy atom. The van der Waals surface area contributed by atoms with Gasteiger partial charge in [-0.2, -0.15) is 13.2 Å². The molecule has 0 saturated carbocycles. The molecule has 0 saturated heterocycles. The normalized spacial score (nSPS) is 13.3. The lowest BCUT2D eigenvalue weighted by atomic mass is 10.00. The average molecular weight is 321 g/mol. The van der Waals surface area contributed by atoms with Crippen LogP contribution in [0.1, 0.15) is 27.6 Å². The van der Waals surface area contributed by atoms with Crippen LogP contribution in [0.15, 0.2) is 36.4 Å². The van der Waals surface area contributed by atoms with E-state index in [0.29, 0.717) is 6.07 Å². The molecule has 0 radical (unpaired) electrons. The van der Waals surface area contributed by atoms with E-state index in [4.69, 9.17) is 11.6 Å². The van der Waals surface area contributed by atoms with Crippen LogP contribution < -0.4 is 0 Å². The summed E-state index contributed by atoms with van der Waals surface area (Å²) in [5.74, 6) is -1.63. The zero-order valence-corrected chi connectivity index (χ0v) is 11.6. The smallest absolute Gasteiger partial charge is 0.207 e. The maximum atomic E-state index is 13.8. The summed E-state index contributed by atoms with van der Waals surface area (Å²) in [5, 5.41) is -1.13. The van der Waals surface area contributed by atoms with E-state index in [-0.39, 0.29) is 16.7 Å². The van der Waals surface area contributed by atoms with Crippen molar-refractivity contribution >= 4 is 11.6 Å². The lowest BCUT2D eigenvalue weighted by molar-refractivity contribution is -0.137. The summed E-state index contributed by atoms with van der Waals surface area (Å²) in [5.41, 5.74) is -0.666. The van der Waals surface area contributed by atoms with Gasteiger partial charge >= 0.3 is 6.18 Å². The van der Waals surface area contributed by atoms with Gasteiger partial charge in [0.15, 0.2) is 0 Å². The third-order valence-corrected chi connectivity index (χ3v) is 3.54. The molecule has 6 heteroatoms. The van der Waals surface area contributed by atoms with Crippen LogP contribution in [0.5, 0.6) is 0 Å². The lowest BCUT2D eigenvalue weighted by Gasteiger charge is -2.15. The van der Waals surface area contributed by atoms with E-state index in [1.54, 1.807) is 0 Å². The first-order chi connectivity index (χ1) is 9.70. The summed E-state index contributed by atoms with van der Waals surface area (Å²) in [6, 6.07) is 6.19. The highest BCUT2D eigenvalue weighted by Gasteiger charge is 2.31. The quantitative estimate of drug-likeness (QED) is 0.497. The molecule has 1 atom stereocenters. The van der Waals surface area contributed by atoms with Crippen LogP contribution in [0.4, 0.5) is 22.0 Å². The van der Waals surface area contributed by atoms with Crippen molar-refractivity contribution in [2.24, 2.45) is 0 Å². The van der Waals surface area contributed by atoms with Crippen molar-refractivity contribution in [2.45, 2.75) is 18.5 Å². The Labute approximate surface area is 123 Å². The molecule has 0 nitrogen and oxygen atoms in total. The fraction of sp³-hybridized carbons (Fsp3) is 0.200. The Morgan fingerprint density at radius 3 is 2.29 bits per heavy atom. The van der Waals surface area contributed by atoms with E-state index in [2.05, 4.69) is 0 Å². The monoisotopic (exact) mass is 320 g/mol. The molecular weight excluding hydrogens is 311 g/mol. The van der Waals surface area contributed by atoms with Crippen LogP contribution in [-0.4, -0.2) is 0 Å². The summed E-state index contributed by atoms with van der Waals surface area (Å²) in [6.45, 7) is 1.42.